The molecule has 4 nitrogen and oxygen atoms in total. The third kappa shape index (κ3) is 3.01. The van der Waals surface area contributed by atoms with E-state index in [2.05, 4.69) is 28.7 Å². The molecule has 0 spiro atoms. The molecule has 0 atom stereocenters. The number of nitrogens with zero attached hydrogens (tertiary/aromatic N) is 2. The lowest BCUT2D eigenvalue weighted by Gasteiger charge is -2.03. The molecule has 18 heavy (non-hydrogen) atoms. The predicted molar refractivity (Wildman–Crippen MR) is 72.2 cm³/mol. The van der Waals surface area contributed by atoms with E-state index in [9.17, 15) is 0 Å². The van der Waals surface area contributed by atoms with Gasteiger partial charge in [0.05, 0.1) is 6.54 Å². The lowest BCUT2D eigenvalue weighted by Crippen LogP contribution is -2.12. The van der Waals surface area contributed by atoms with Crippen LogP contribution in [0.2, 0.25) is 0 Å². The summed E-state index contributed by atoms with van der Waals surface area (Å²) in [6.45, 7) is 7.08. The number of aryl methyl sites for hydroxylation is 1. The van der Waals surface area contributed by atoms with Crippen LogP contribution in [0, 0.1) is 0 Å². The van der Waals surface area contributed by atoms with E-state index in [1.54, 1.807) is 0 Å². The first-order chi connectivity index (χ1) is 8.85. The molecule has 4 heteroatoms. The largest absolute Gasteiger partial charge is 0.456 e. The number of hydrogen-bond donors (Lipinski definition) is 1. The number of imidazole rings is 1. The smallest absolute Gasteiger partial charge is 0.176 e. The normalized spacial score (nSPS) is 11.0. The Morgan fingerprint density at radius 2 is 2.17 bits per heavy atom. The maximum absolute atomic E-state index is 5.82. The molecule has 0 unspecified atom stereocenters. The second kappa shape index (κ2) is 6.40. The van der Waals surface area contributed by atoms with Crippen molar-refractivity contribution in [3.05, 3.63) is 30.3 Å². The van der Waals surface area contributed by atoms with Crippen molar-refractivity contribution in [1.29, 1.82) is 0 Å². The van der Waals surface area contributed by atoms with Crippen LogP contribution in [0.1, 0.15) is 32.4 Å². The summed E-state index contributed by atoms with van der Waals surface area (Å²) in [5.74, 6) is 2.73. The maximum atomic E-state index is 5.82. The van der Waals surface area contributed by atoms with Crippen molar-refractivity contribution in [2.45, 2.75) is 39.8 Å². The van der Waals surface area contributed by atoms with Gasteiger partial charge in [0.25, 0.3) is 0 Å². The maximum Gasteiger partial charge on any atom is 0.176 e. The molecule has 0 saturated heterocycles. The van der Waals surface area contributed by atoms with Gasteiger partial charge in [0.1, 0.15) is 5.76 Å². The van der Waals surface area contributed by atoms with Gasteiger partial charge >= 0.3 is 0 Å². The van der Waals surface area contributed by atoms with Gasteiger partial charge in [-0.1, -0.05) is 13.8 Å². The Morgan fingerprint density at radius 3 is 2.94 bits per heavy atom. The number of furan rings is 1. The zero-order chi connectivity index (χ0) is 12.8. The monoisotopic (exact) mass is 247 g/mol. The molecule has 0 aliphatic rings. The van der Waals surface area contributed by atoms with E-state index in [1.807, 2.05) is 24.5 Å². The molecule has 0 saturated carbocycles. The summed E-state index contributed by atoms with van der Waals surface area (Å²) >= 11 is 0. The van der Waals surface area contributed by atoms with Crippen molar-refractivity contribution in [3.8, 4) is 11.6 Å². The Kier molecular flexibility index (Phi) is 4.59. The molecule has 2 aromatic rings. The number of nitrogens with one attached hydrogen (secondary N) is 1. The van der Waals surface area contributed by atoms with Crippen LogP contribution >= 0.6 is 0 Å². The molecule has 0 radical (unpaired) electrons. The van der Waals surface area contributed by atoms with E-state index < -0.39 is 0 Å². The van der Waals surface area contributed by atoms with E-state index in [0.29, 0.717) is 0 Å². The van der Waals surface area contributed by atoms with Gasteiger partial charge in [-0.05, 0) is 31.5 Å². The van der Waals surface area contributed by atoms with Crippen LogP contribution < -0.4 is 5.32 Å². The topological polar surface area (TPSA) is 43.0 Å². The van der Waals surface area contributed by atoms with Crippen LogP contribution in [0.5, 0.6) is 0 Å². The van der Waals surface area contributed by atoms with Crippen LogP contribution in [0.3, 0.4) is 0 Å². The predicted octanol–water partition coefficient (Wildman–Crippen LogP) is 3.05. The van der Waals surface area contributed by atoms with Gasteiger partial charge in [-0.3, -0.25) is 0 Å². The number of aromatic nitrogens is 2. The van der Waals surface area contributed by atoms with Gasteiger partial charge in [-0.2, -0.15) is 0 Å². The van der Waals surface area contributed by atoms with Crippen molar-refractivity contribution in [1.82, 2.24) is 14.9 Å². The van der Waals surface area contributed by atoms with Crippen molar-refractivity contribution < 1.29 is 4.42 Å². The Labute approximate surface area is 108 Å². The third-order valence-corrected chi connectivity index (χ3v) is 2.79. The van der Waals surface area contributed by atoms with E-state index >= 15 is 0 Å². The molecule has 0 aromatic carbocycles. The van der Waals surface area contributed by atoms with Gasteiger partial charge < -0.3 is 14.3 Å². The Hall–Kier alpha value is -1.55. The molecular formula is C14H21N3O. The minimum absolute atomic E-state index is 0.780. The summed E-state index contributed by atoms with van der Waals surface area (Å²) in [5, 5.41) is 3.33. The van der Waals surface area contributed by atoms with Crippen molar-refractivity contribution in [3.63, 3.8) is 0 Å². The lowest BCUT2D eigenvalue weighted by atomic mass is 10.4. The van der Waals surface area contributed by atoms with Crippen molar-refractivity contribution >= 4 is 0 Å². The standard InChI is InChI=1S/C14H21N3O/c1-3-7-15-11-12-5-6-13(18-12)14-16-8-10-17(14)9-4-2/h5-6,8,10,15H,3-4,7,9,11H2,1-2H3. The highest BCUT2D eigenvalue weighted by molar-refractivity contribution is 5.47. The number of hydrogen-bond acceptors (Lipinski definition) is 3. The Morgan fingerprint density at radius 1 is 1.28 bits per heavy atom. The summed E-state index contributed by atoms with van der Waals surface area (Å²) in [6.07, 6.45) is 6.04. The van der Waals surface area contributed by atoms with Gasteiger partial charge in [0, 0.05) is 18.9 Å². The molecule has 2 aromatic heterocycles. The summed E-state index contributed by atoms with van der Waals surface area (Å²) in [7, 11) is 0. The molecule has 0 bridgehead atoms. The van der Waals surface area contributed by atoms with E-state index in [4.69, 9.17) is 4.42 Å². The number of rotatable bonds is 7. The second-order valence-corrected chi connectivity index (χ2v) is 4.39. The summed E-state index contributed by atoms with van der Waals surface area (Å²) in [4.78, 5) is 4.36. The Balaban J connectivity index is 2.06. The van der Waals surface area contributed by atoms with Crippen LogP contribution in [0.25, 0.3) is 11.6 Å². The van der Waals surface area contributed by atoms with Crippen LogP contribution in [0.4, 0.5) is 0 Å². The zero-order valence-electron chi connectivity index (χ0n) is 11.1. The van der Waals surface area contributed by atoms with Crippen LogP contribution in [0.15, 0.2) is 28.9 Å². The average Bonchev–Trinajstić information content (AvgIpc) is 2.98. The molecule has 2 rings (SSSR count). The average molecular weight is 247 g/mol. The van der Waals surface area contributed by atoms with Crippen LogP contribution in [-0.2, 0) is 13.1 Å². The molecule has 1 N–H and O–H groups in total. The first-order valence-corrected chi connectivity index (χ1v) is 6.66. The van der Waals surface area contributed by atoms with Gasteiger partial charge in [-0.25, -0.2) is 4.98 Å². The molecule has 0 aliphatic heterocycles. The second-order valence-electron chi connectivity index (χ2n) is 4.39. The summed E-state index contributed by atoms with van der Waals surface area (Å²) in [6, 6.07) is 4.01. The first kappa shape index (κ1) is 12.9. The molecule has 0 fully saturated rings. The highest BCUT2D eigenvalue weighted by Gasteiger charge is 2.10. The van der Waals surface area contributed by atoms with E-state index in [-0.39, 0.29) is 0 Å². The first-order valence-electron chi connectivity index (χ1n) is 6.66. The zero-order valence-corrected chi connectivity index (χ0v) is 11.1. The molecule has 0 amide bonds. The lowest BCUT2D eigenvalue weighted by molar-refractivity contribution is 0.487. The van der Waals surface area contributed by atoms with Crippen molar-refractivity contribution in [2.24, 2.45) is 0 Å². The van der Waals surface area contributed by atoms with Crippen LogP contribution in [-0.4, -0.2) is 16.1 Å². The minimum Gasteiger partial charge on any atom is -0.456 e. The Bertz CT molecular complexity index is 473. The third-order valence-electron chi connectivity index (χ3n) is 2.79. The van der Waals surface area contributed by atoms with Gasteiger partial charge in [0.2, 0.25) is 0 Å². The molecular weight excluding hydrogens is 226 g/mol. The quantitative estimate of drug-likeness (QED) is 0.765. The fourth-order valence-corrected chi connectivity index (χ4v) is 1.94. The minimum atomic E-state index is 0.780. The van der Waals surface area contributed by atoms with E-state index in [1.165, 1.54) is 0 Å². The molecule has 0 aliphatic carbocycles. The SMILES string of the molecule is CCCNCc1ccc(-c2nccn2CCC)o1. The highest BCUT2D eigenvalue weighted by Crippen LogP contribution is 2.20. The molecule has 98 valence electrons. The highest BCUT2D eigenvalue weighted by atomic mass is 16.3. The summed E-state index contributed by atoms with van der Waals surface area (Å²) < 4.78 is 7.94. The van der Waals surface area contributed by atoms with E-state index in [0.717, 1.165) is 49.8 Å². The van der Waals surface area contributed by atoms with Gasteiger partial charge in [-0.15, -0.1) is 0 Å². The summed E-state index contributed by atoms with van der Waals surface area (Å²) in [5.41, 5.74) is 0. The molecule has 2 heterocycles. The fraction of sp³-hybridized carbons (Fsp3) is 0.500. The van der Waals surface area contributed by atoms with Gasteiger partial charge in [0.15, 0.2) is 11.6 Å². The van der Waals surface area contributed by atoms with Crippen molar-refractivity contribution in [2.75, 3.05) is 6.54 Å². The fourth-order valence-electron chi connectivity index (χ4n) is 1.94.